The monoisotopic (exact) mass is 312 g/mol. The summed E-state index contributed by atoms with van der Waals surface area (Å²) in [5, 5.41) is 6.97. The summed E-state index contributed by atoms with van der Waals surface area (Å²) in [6.45, 7) is 3.46. The second-order valence-corrected chi connectivity index (χ2v) is 4.82. The summed E-state index contributed by atoms with van der Waals surface area (Å²) in [5.74, 6) is 0.855. The summed E-state index contributed by atoms with van der Waals surface area (Å²) in [6, 6.07) is 7.89. The zero-order chi connectivity index (χ0) is 15.3. The van der Waals surface area contributed by atoms with Gasteiger partial charge in [-0.15, -0.1) is 0 Å². The van der Waals surface area contributed by atoms with Crippen molar-refractivity contribution in [3.8, 4) is 5.75 Å². The molecular weight excluding hydrogens is 288 g/mol. The lowest BCUT2D eigenvalue weighted by molar-refractivity contribution is 0.0699. The zero-order valence-electron chi connectivity index (χ0n) is 12.7. The number of rotatable bonds is 10. The van der Waals surface area contributed by atoms with E-state index in [1.165, 1.54) is 0 Å². The second kappa shape index (κ2) is 11.3. The third-order valence-electron chi connectivity index (χ3n) is 2.79. The van der Waals surface area contributed by atoms with E-state index in [9.17, 15) is 0 Å². The molecule has 1 aromatic carbocycles. The molecule has 6 heteroatoms. The van der Waals surface area contributed by atoms with Crippen LogP contribution in [-0.4, -0.2) is 45.7 Å². The molecule has 0 aliphatic rings. The predicted molar refractivity (Wildman–Crippen MR) is 87.7 cm³/mol. The number of ether oxygens (including phenoxy) is 3. The number of benzene rings is 1. The molecule has 0 aliphatic heterocycles. The summed E-state index contributed by atoms with van der Waals surface area (Å²) >= 11 is 5.21. The van der Waals surface area contributed by atoms with Gasteiger partial charge in [-0.25, -0.2) is 0 Å². The van der Waals surface area contributed by atoms with Crippen LogP contribution >= 0.6 is 12.2 Å². The minimum Gasteiger partial charge on any atom is -0.497 e. The molecule has 0 spiro atoms. The minimum atomic E-state index is 0.634. The lowest BCUT2D eigenvalue weighted by Crippen LogP contribution is -2.35. The van der Waals surface area contributed by atoms with Crippen LogP contribution in [0.2, 0.25) is 0 Å². The third kappa shape index (κ3) is 8.49. The van der Waals surface area contributed by atoms with Gasteiger partial charge >= 0.3 is 0 Å². The van der Waals surface area contributed by atoms with Crippen molar-refractivity contribution in [1.82, 2.24) is 10.6 Å². The molecule has 2 N–H and O–H groups in total. The summed E-state index contributed by atoms with van der Waals surface area (Å²) in [7, 11) is 3.32. The molecule has 0 atom stereocenters. The van der Waals surface area contributed by atoms with Crippen molar-refractivity contribution in [2.24, 2.45) is 0 Å². The molecule has 0 saturated carbocycles. The summed E-state index contributed by atoms with van der Waals surface area (Å²) < 4.78 is 15.4. The molecule has 118 valence electrons. The first-order chi connectivity index (χ1) is 10.3. The van der Waals surface area contributed by atoms with Crippen molar-refractivity contribution in [1.29, 1.82) is 0 Å². The van der Waals surface area contributed by atoms with Crippen molar-refractivity contribution < 1.29 is 14.2 Å². The van der Waals surface area contributed by atoms with Crippen LogP contribution < -0.4 is 15.4 Å². The van der Waals surface area contributed by atoms with Crippen LogP contribution in [0.5, 0.6) is 5.75 Å². The van der Waals surface area contributed by atoms with Crippen LogP contribution in [0.15, 0.2) is 24.3 Å². The highest BCUT2D eigenvalue weighted by Crippen LogP contribution is 2.10. The molecule has 21 heavy (non-hydrogen) atoms. The molecule has 5 nitrogen and oxygen atoms in total. The number of methoxy groups -OCH3 is 2. The molecule has 0 fully saturated rings. The predicted octanol–water partition coefficient (Wildman–Crippen LogP) is 1.71. The molecule has 0 unspecified atom stereocenters. The Labute approximate surface area is 132 Å². The van der Waals surface area contributed by atoms with Gasteiger partial charge in [-0.05, 0) is 36.3 Å². The van der Waals surface area contributed by atoms with Gasteiger partial charge in [0.05, 0.1) is 20.3 Å². The standard InChI is InChI=1S/C15H24N2O3S/c1-18-10-11-20-9-3-8-16-15(21)17-12-13-4-6-14(19-2)7-5-13/h4-7H,3,8-12H2,1-2H3,(H2,16,17,21). The highest BCUT2D eigenvalue weighted by molar-refractivity contribution is 7.80. The van der Waals surface area contributed by atoms with Gasteiger partial charge in [-0.1, -0.05) is 12.1 Å². The number of nitrogens with one attached hydrogen (secondary N) is 2. The van der Waals surface area contributed by atoms with Gasteiger partial charge in [-0.3, -0.25) is 0 Å². The Bertz CT molecular complexity index is 398. The van der Waals surface area contributed by atoms with Crippen LogP contribution in [0.25, 0.3) is 0 Å². The van der Waals surface area contributed by atoms with Crippen molar-refractivity contribution >= 4 is 17.3 Å². The van der Waals surface area contributed by atoms with Crippen LogP contribution in [0.3, 0.4) is 0 Å². The summed E-state index contributed by atoms with van der Waals surface area (Å²) in [5.41, 5.74) is 1.16. The molecule has 1 rings (SSSR count). The number of hydrogen-bond donors (Lipinski definition) is 2. The van der Waals surface area contributed by atoms with E-state index in [1.54, 1.807) is 14.2 Å². The van der Waals surface area contributed by atoms with Gasteiger partial charge in [0, 0.05) is 26.8 Å². The van der Waals surface area contributed by atoms with Gasteiger partial charge in [0.2, 0.25) is 0 Å². The molecule has 0 amide bonds. The minimum absolute atomic E-state index is 0.634. The fraction of sp³-hybridized carbons (Fsp3) is 0.533. The van der Waals surface area contributed by atoms with Crippen LogP contribution in [0.4, 0.5) is 0 Å². The average molecular weight is 312 g/mol. The first-order valence-electron chi connectivity index (χ1n) is 6.97. The maximum atomic E-state index is 5.37. The average Bonchev–Trinajstić information content (AvgIpc) is 2.52. The molecule has 1 aromatic rings. The van der Waals surface area contributed by atoms with Crippen LogP contribution in [0.1, 0.15) is 12.0 Å². The van der Waals surface area contributed by atoms with Crippen LogP contribution in [0, 0.1) is 0 Å². The Balaban J connectivity index is 2.05. The van der Waals surface area contributed by atoms with Crippen molar-refractivity contribution in [2.75, 3.05) is 40.6 Å². The molecule has 0 aromatic heterocycles. The number of hydrogen-bond acceptors (Lipinski definition) is 4. The molecule has 0 radical (unpaired) electrons. The van der Waals surface area contributed by atoms with Gasteiger partial charge in [0.1, 0.15) is 5.75 Å². The first kappa shape index (κ1) is 17.7. The van der Waals surface area contributed by atoms with E-state index in [1.807, 2.05) is 24.3 Å². The second-order valence-electron chi connectivity index (χ2n) is 4.42. The number of thiocarbonyl (C=S) groups is 1. The fourth-order valence-corrected chi connectivity index (χ4v) is 1.78. The van der Waals surface area contributed by atoms with Crippen molar-refractivity contribution in [2.45, 2.75) is 13.0 Å². The smallest absolute Gasteiger partial charge is 0.166 e. The Hall–Kier alpha value is -1.37. The van der Waals surface area contributed by atoms with Gasteiger partial charge in [0.25, 0.3) is 0 Å². The van der Waals surface area contributed by atoms with Gasteiger partial charge in [-0.2, -0.15) is 0 Å². The Kier molecular flexibility index (Phi) is 9.52. The van der Waals surface area contributed by atoms with E-state index in [2.05, 4.69) is 10.6 Å². The van der Waals surface area contributed by atoms with Crippen molar-refractivity contribution in [3.63, 3.8) is 0 Å². The highest BCUT2D eigenvalue weighted by Gasteiger charge is 1.97. The van der Waals surface area contributed by atoms with E-state index in [-0.39, 0.29) is 0 Å². The quantitative estimate of drug-likeness (QED) is 0.507. The Morgan fingerprint density at radius 3 is 2.48 bits per heavy atom. The van der Waals surface area contributed by atoms with Gasteiger partial charge < -0.3 is 24.8 Å². The Morgan fingerprint density at radius 2 is 1.81 bits per heavy atom. The maximum Gasteiger partial charge on any atom is 0.166 e. The summed E-state index contributed by atoms with van der Waals surface area (Å²) in [4.78, 5) is 0. The lowest BCUT2D eigenvalue weighted by Gasteiger charge is -2.11. The molecule has 0 aliphatic carbocycles. The third-order valence-corrected chi connectivity index (χ3v) is 3.08. The largest absolute Gasteiger partial charge is 0.497 e. The fourth-order valence-electron chi connectivity index (χ4n) is 1.61. The topological polar surface area (TPSA) is 51.8 Å². The summed E-state index contributed by atoms with van der Waals surface area (Å²) in [6.07, 6.45) is 0.911. The van der Waals surface area contributed by atoms with E-state index < -0.39 is 0 Å². The van der Waals surface area contributed by atoms with Crippen LogP contribution in [-0.2, 0) is 16.0 Å². The zero-order valence-corrected chi connectivity index (χ0v) is 13.5. The van der Waals surface area contributed by atoms with E-state index in [0.717, 1.165) is 24.3 Å². The van der Waals surface area contributed by atoms with E-state index in [0.29, 0.717) is 31.5 Å². The first-order valence-corrected chi connectivity index (χ1v) is 7.38. The molecule has 0 heterocycles. The SMILES string of the molecule is COCCOCCCNC(=S)NCc1ccc(OC)cc1. The normalized spacial score (nSPS) is 10.2. The van der Waals surface area contributed by atoms with E-state index >= 15 is 0 Å². The lowest BCUT2D eigenvalue weighted by atomic mass is 10.2. The highest BCUT2D eigenvalue weighted by atomic mass is 32.1. The molecule has 0 bridgehead atoms. The van der Waals surface area contributed by atoms with Crippen molar-refractivity contribution in [3.05, 3.63) is 29.8 Å². The Morgan fingerprint density at radius 1 is 1.05 bits per heavy atom. The van der Waals surface area contributed by atoms with E-state index in [4.69, 9.17) is 26.4 Å². The molecular formula is C15H24N2O3S. The van der Waals surface area contributed by atoms with Gasteiger partial charge in [0.15, 0.2) is 5.11 Å². The maximum absolute atomic E-state index is 5.37. The molecule has 0 saturated heterocycles.